The van der Waals surface area contributed by atoms with Gasteiger partial charge in [0, 0.05) is 5.88 Å². The van der Waals surface area contributed by atoms with E-state index in [1.165, 1.54) is 38.5 Å². The second kappa shape index (κ2) is 2.41. The van der Waals surface area contributed by atoms with Crippen LogP contribution < -0.4 is 0 Å². The maximum Gasteiger partial charge on any atom is 0.0282 e. The minimum Gasteiger partial charge on any atom is -0.126 e. The standard InChI is InChI=1S/C9H15Cl/c10-7-9(8-3-4-8)5-1-2-6-9/h8H,1-7H2. The van der Waals surface area contributed by atoms with E-state index in [-0.39, 0.29) is 0 Å². The Morgan fingerprint density at radius 3 is 2.20 bits per heavy atom. The number of hydrogen-bond donors (Lipinski definition) is 0. The molecule has 1 heteroatoms. The minimum atomic E-state index is 0.613. The molecule has 58 valence electrons. The average Bonchev–Trinajstić information content (AvgIpc) is 2.71. The molecule has 0 aromatic heterocycles. The summed E-state index contributed by atoms with van der Waals surface area (Å²) in [5, 5.41) is 0. The Balaban J connectivity index is 2.04. The van der Waals surface area contributed by atoms with Gasteiger partial charge in [-0.2, -0.15) is 0 Å². The van der Waals surface area contributed by atoms with E-state index < -0.39 is 0 Å². The first-order chi connectivity index (χ1) is 4.87. The lowest BCUT2D eigenvalue weighted by Gasteiger charge is -2.25. The third-order valence-electron chi connectivity index (χ3n) is 3.31. The Labute approximate surface area is 68.0 Å². The lowest BCUT2D eigenvalue weighted by Crippen LogP contribution is -2.20. The van der Waals surface area contributed by atoms with E-state index in [0.717, 1.165) is 11.8 Å². The molecule has 0 unspecified atom stereocenters. The van der Waals surface area contributed by atoms with Crippen molar-refractivity contribution in [1.82, 2.24) is 0 Å². The van der Waals surface area contributed by atoms with Crippen molar-refractivity contribution >= 4 is 11.6 Å². The fourth-order valence-electron chi connectivity index (χ4n) is 2.43. The molecule has 2 rings (SSSR count). The van der Waals surface area contributed by atoms with Gasteiger partial charge in [0.15, 0.2) is 0 Å². The van der Waals surface area contributed by atoms with Crippen molar-refractivity contribution in [3.05, 3.63) is 0 Å². The molecular weight excluding hydrogens is 144 g/mol. The molecule has 0 aromatic carbocycles. The van der Waals surface area contributed by atoms with Gasteiger partial charge in [-0.05, 0) is 37.0 Å². The monoisotopic (exact) mass is 158 g/mol. The van der Waals surface area contributed by atoms with Crippen molar-refractivity contribution in [3.63, 3.8) is 0 Å². The van der Waals surface area contributed by atoms with Crippen molar-refractivity contribution in [2.45, 2.75) is 38.5 Å². The molecule has 2 aliphatic rings. The molecule has 2 fully saturated rings. The summed E-state index contributed by atoms with van der Waals surface area (Å²) in [6, 6.07) is 0. The van der Waals surface area contributed by atoms with Crippen molar-refractivity contribution in [2.24, 2.45) is 11.3 Å². The molecule has 0 atom stereocenters. The van der Waals surface area contributed by atoms with E-state index in [0.29, 0.717) is 5.41 Å². The lowest BCUT2D eigenvalue weighted by molar-refractivity contribution is 0.289. The zero-order chi connectivity index (χ0) is 7.03. The second-order valence-electron chi connectivity index (χ2n) is 3.98. The highest BCUT2D eigenvalue weighted by Crippen LogP contribution is 2.55. The quantitative estimate of drug-likeness (QED) is 0.542. The van der Waals surface area contributed by atoms with Gasteiger partial charge in [0.2, 0.25) is 0 Å². The largest absolute Gasteiger partial charge is 0.126 e. The molecule has 0 aromatic rings. The van der Waals surface area contributed by atoms with Gasteiger partial charge in [-0.25, -0.2) is 0 Å². The van der Waals surface area contributed by atoms with E-state index in [4.69, 9.17) is 11.6 Å². The van der Waals surface area contributed by atoms with Crippen molar-refractivity contribution in [2.75, 3.05) is 5.88 Å². The molecule has 0 amide bonds. The zero-order valence-corrected chi connectivity index (χ0v) is 7.16. The van der Waals surface area contributed by atoms with Gasteiger partial charge in [-0.15, -0.1) is 11.6 Å². The Morgan fingerprint density at radius 1 is 1.20 bits per heavy atom. The van der Waals surface area contributed by atoms with Crippen LogP contribution in [0.2, 0.25) is 0 Å². The van der Waals surface area contributed by atoms with Crippen LogP contribution in [-0.2, 0) is 0 Å². The maximum atomic E-state index is 6.00. The number of alkyl halides is 1. The van der Waals surface area contributed by atoms with Gasteiger partial charge >= 0.3 is 0 Å². The molecule has 0 aliphatic heterocycles. The number of rotatable bonds is 2. The normalized spacial score (nSPS) is 30.9. The molecule has 2 aliphatic carbocycles. The van der Waals surface area contributed by atoms with Gasteiger partial charge in [0.1, 0.15) is 0 Å². The van der Waals surface area contributed by atoms with Crippen LogP contribution in [0.4, 0.5) is 0 Å². The molecule has 10 heavy (non-hydrogen) atoms. The Bertz CT molecular complexity index is 121. The van der Waals surface area contributed by atoms with E-state index in [1.807, 2.05) is 0 Å². The lowest BCUT2D eigenvalue weighted by atomic mass is 9.83. The van der Waals surface area contributed by atoms with Crippen LogP contribution in [0.5, 0.6) is 0 Å². The predicted molar refractivity (Wildman–Crippen MR) is 44.3 cm³/mol. The third kappa shape index (κ3) is 0.972. The van der Waals surface area contributed by atoms with Crippen LogP contribution in [0.3, 0.4) is 0 Å². The molecule has 0 spiro atoms. The Hall–Kier alpha value is 0.290. The Morgan fingerprint density at radius 2 is 1.80 bits per heavy atom. The summed E-state index contributed by atoms with van der Waals surface area (Å²) in [6.07, 6.45) is 8.63. The smallest absolute Gasteiger partial charge is 0.0282 e. The van der Waals surface area contributed by atoms with E-state index in [9.17, 15) is 0 Å². The van der Waals surface area contributed by atoms with Crippen LogP contribution in [-0.4, -0.2) is 5.88 Å². The fourth-order valence-corrected chi connectivity index (χ4v) is 2.91. The molecule has 0 nitrogen and oxygen atoms in total. The van der Waals surface area contributed by atoms with Gasteiger partial charge in [-0.1, -0.05) is 12.8 Å². The highest BCUT2D eigenvalue weighted by atomic mass is 35.5. The molecule has 0 radical (unpaired) electrons. The van der Waals surface area contributed by atoms with Gasteiger partial charge in [0.05, 0.1) is 0 Å². The van der Waals surface area contributed by atoms with Gasteiger partial charge < -0.3 is 0 Å². The van der Waals surface area contributed by atoms with Crippen LogP contribution in [0, 0.1) is 11.3 Å². The first-order valence-electron chi connectivity index (χ1n) is 4.43. The summed E-state index contributed by atoms with van der Waals surface area (Å²) in [4.78, 5) is 0. The zero-order valence-electron chi connectivity index (χ0n) is 6.41. The highest BCUT2D eigenvalue weighted by molar-refractivity contribution is 6.18. The van der Waals surface area contributed by atoms with Gasteiger partial charge in [0.25, 0.3) is 0 Å². The maximum absolute atomic E-state index is 6.00. The third-order valence-corrected chi connectivity index (χ3v) is 3.84. The topological polar surface area (TPSA) is 0 Å². The van der Waals surface area contributed by atoms with Crippen LogP contribution in [0.25, 0.3) is 0 Å². The number of halogens is 1. The highest BCUT2D eigenvalue weighted by Gasteiger charge is 2.45. The SMILES string of the molecule is ClCC1(C2CC2)CCCC1. The minimum absolute atomic E-state index is 0.613. The number of hydrogen-bond acceptors (Lipinski definition) is 0. The van der Waals surface area contributed by atoms with Crippen LogP contribution in [0.15, 0.2) is 0 Å². The summed E-state index contributed by atoms with van der Waals surface area (Å²) in [7, 11) is 0. The van der Waals surface area contributed by atoms with Gasteiger partial charge in [-0.3, -0.25) is 0 Å². The second-order valence-corrected chi connectivity index (χ2v) is 4.24. The summed E-state index contributed by atoms with van der Waals surface area (Å²) in [5.41, 5.74) is 0.613. The average molecular weight is 159 g/mol. The van der Waals surface area contributed by atoms with Crippen LogP contribution >= 0.6 is 11.6 Å². The van der Waals surface area contributed by atoms with E-state index >= 15 is 0 Å². The molecule has 0 N–H and O–H groups in total. The molecule has 2 saturated carbocycles. The predicted octanol–water partition coefficient (Wildman–Crippen LogP) is 3.20. The Kier molecular flexibility index (Phi) is 1.68. The summed E-state index contributed by atoms with van der Waals surface area (Å²) >= 11 is 6.00. The first-order valence-corrected chi connectivity index (χ1v) is 4.97. The van der Waals surface area contributed by atoms with E-state index in [2.05, 4.69) is 0 Å². The summed E-state index contributed by atoms with van der Waals surface area (Å²) < 4.78 is 0. The van der Waals surface area contributed by atoms with Crippen LogP contribution in [0.1, 0.15) is 38.5 Å². The summed E-state index contributed by atoms with van der Waals surface area (Å²) in [5.74, 6) is 1.95. The first kappa shape index (κ1) is 6.97. The van der Waals surface area contributed by atoms with Crippen molar-refractivity contribution in [3.8, 4) is 0 Å². The summed E-state index contributed by atoms with van der Waals surface area (Å²) in [6.45, 7) is 0. The molecular formula is C9H15Cl. The van der Waals surface area contributed by atoms with Crippen molar-refractivity contribution < 1.29 is 0 Å². The van der Waals surface area contributed by atoms with Crippen molar-refractivity contribution in [1.29, 1.82) is 0 Å². The molecule has 0 bridgehead atoms. The molecule has 0 saturated heterocycles. The fraction of sp³-hybridized carbons (Fsp3) is 1.00. The van der Waals surface area contributed by atoms with E-state index in [1.54, 1.807) is 0 Å². The molecule has 0 heterocycles.